The van der Waals surface area contributed by atoms with Gasteiger partial charge in [0.2, 0.25) is 0 Å². The minimum absolute atomic E-state index is 0.113. The number of imidazole rings is 1. The zero-order valence-electron chi connectivity index (χ0n) is 16.3. The monoisotopic (exact) mass is 394 g/mol. The molecule has 3 aromatic rings. The quantitative estimate of drug-likeness (QED) is 0.708. The maximum atomic E-state index is 15.0. The van der Waals surface area contributed by atoms with Crippen LogP contribution in [0.25, 0.3) is 16.9 Å². The molecule has 7 nitrogen and oxygen atoms in total. The van der Waals surface area contributed by atoms with Crippen LogP contribution < -0.4 is 10.2 Å². The second-order valence-electron chi connectivity index (χ2n) is 8.21. The number of rotatable bonds is 4. The molecule has 5 rings (SSSR count). The number of anilines is 1. The Balaban J connectivity index is 1.38. The summed E-state index contributed by atoms with van der Waals surface area (Å²) in [6.07, 6.45) is 5.05. The molecule has 2 aliphatic rings. The zero-order chi connectivity index (χ0) is 20.2. The van der Waals surface area contributed by atoms with Gasteiger partial charge in [-0.2, -0.15) is 0 Å². The van der Waals surface area contributed by atoms with Gasteiger partial charge in [-0.15, -0.1) is 10.2 Å². The maximum Gasteiger partial charge on any atom is 0.151 e. The number of alkyl halides is 1. The maximum absolute atomic E-state index is 15.0. The molecule has 1 saturated carbocycles. The molecule has 3 heterocycles. The average molecular weight is 394 g/mol. The summed E-state index contributed by atoms with van der Waals surface area (Å²) < 4.78 is 16.8. The van der Waals surface area contributed by atoms with E-state index in [1.165, 1.54) is 0 Å². The van der Waals surface area contributed by atoms with E-state index in [1.807, 2.05) is 47.8 Å². The van der Waals surface area contributed by atoms with E-state index in [-0.39, 0.29) is 17.7 Å². The second kappa shape index (κ2) is 6.52. The van der Waals surface area contributed by atoms with Crippen LogP contribution in [-0.4, -0.2) is 56.2 Å². The predicted molar refractivity (Wildman–Crippen MR) is 108 cm³/mol. The Morgan fingerprint density at radius 2 is 2.14 bits per heavy atom. The summed E-state index contributed by atoms with van der Waals surface area (Å²) in [6.45, 7) is 2.78. The average Bonchev–Trinajstić information content (AvgIpc) is 3.43. The third-order valence-corrected chi connectivity index (χ3v) is 6.36. The largest absolute Gasteiger partial charge is 0.507 e. The van der Waals surface area contributed by atoms with Crippen molar-refractivity contribution >= 4 is 5.82 Å². The van der Waals surface area contributed by atoms with Crippen molar-refractivity contribution in [3.05, 3.63) is 49.1 Å². The van der Waals surface area contributed by atoms with E-state index < -0.39 is 11.7 Å². The molecule has 2 N–H and O–H groups in total. The summed E-state index contributed by atoms with van der Waals surface area (Å²) in [5.74, 6) is 1.01. The Bertz CT molecular complexity index is 1020. The number of benzene rings is 1. The SMILES string of the molecule is CN(c1ccc(-c2ccc(-n3ccnc3)cc2O)nn1)[C@@H]1C2CN[C@](C)(C2)[C@H]1F. The van der Waals surface area contributed by atoms with Crippen LogP contribution in [0.2, 0.25) is 0 Å². The molecule has 0 amide bonds. The van der Waals surface area contributed by atoms with Crippen LogP contribution in [0.1, 0.15) is 13.3 Å². The number of phenolic OH excluding ortho intramolecular Hbond substituents is 1. The zero-order valence-corrected chi connectivity index (χ0v) is 16.3. The van der Waals surface area contributed by atoms with Crippen molar-refractivity contribution in [1.82, 2.24) is 25.1 Å². The molecule has 4 atom stereocenters. The van der Waals surface area contributed by atoms with Crippen LogP contribution in [0.15, 0.2) is 49.1 Å². The number of halogens is 1. The van der Waals surface area contributed by atoms with Gasteiger partial charge in [0.15, 0.2) is 5.82 Å². The first kappa shape index (κ1) is 18.1. The number of hydrogen-bond acceptors (Lipinski definition) is 6. The summed E-state index contributed by atoms with van der Waals surface area (Å²) in [6, 6.07) is 8.79. The van der Waals surface area contributed by atoms with Gasteiger partial charge in [-0.25, -0.2) is 9.37 Å². The number of piperidine rings is 1. The number of hydrogen-bond donors (Lipinski definition) is 2. The van der Waals surface area contributed by atoms with Crippen LogP contribution in [0.4, 0.5) is 10.2 Å². The first-order valence-corrected chi connectivity index (χ1v) is 9.74. The summed E-state index contributed by atoms with van der Waals surface area (Å²) in [5, 5.41) is 22.4. The number of fused-ring (bicyclic) bond motifs is 2. The molecule has 1 aromatic carbocycles. The van der Waals surface area contributed by atoms with Gasteiger partial charge < -0.3 is 19.9 Å². The van der Waals surface area contributed by atoms with Crippen molar-refractivity contribution in [1.29, 1.82) is 0 Å². The molecule has 2 fully saturated rings. The van der Waals surface area contributed by atoms with Gasteiger partial charge in [0.1, 0.15) is 11.9 Å². The van der Waals surface area contributed by atoms with Crippen molar-refractivity contribution < 1.29 is 9.50 Å². The Kier molecular flexibility index (Phi) is 4.06. The van der Waals surface area contributed by atoms with E-state index >= 15 is 0 Å². The van der Waals surface area contributed by atoms with Crippen LogP contribution in [0, 0.1) is 5.92 Å². The van der Waals surface area contributed by atoms with Gasteiger partial charge in [-0.1, -0.05) is 0 Å². The molecule has 0 spiro atoms. The lowest BCUT2D eigenvalue weighted by Gasteiger charge is -2.37. The van der Waals surface area contributed by atoms with Crippen LogP contribution in [0.5, 0.6) is 5.75 Å². The molecule has 8 heteroatoms. The predicted octanol–water partition coefficient (Wildman–Crippen LogP) is 2.56. The highest BCUT2D eigenvalue weighted by Gasteiger charge is 2.57. The number of aromatic nitrogens is 4. The standard InChI is InChI=1S/C21H23FN6O/c1-21-10-13(11-24-21)19(20(21)22)27(2)18-6-5-16(25-26-18)15-4-3-14(9-17(15)29)28-8-7-23-12-28/h3-9,12-13,19-20,24,29H,10-11H2,1-2H3/t13?,19-,20+,21-/m1/s1. The second-order valence-corrected chi connectivity index (χ2v) is 8.21. The molecule has 2 bridgehead atoms. The van der Waals surface area contributed by atoms with Gasteiger partial charge in [-0.05, 0) is 43.5 Å². The number of phenols is 1. The van der Waals surface area contributed by atoms with Gasteiger partial charge in [0.25, 0.3) is 0 Å². The molecule has 2 aromatic heterocycles. The van der Waals surface area contributed by atoms with Crippen LogP contribution in [-0.2, 0) is 0 Å². The molecule has 1 saturated heterocycles. The van der Waals surface area contributed by atoms with Crippen molar-refractivity contribution in [2.24, 2.45) is 5.92 Å². The van der Waals surface area contributed by atoms with Crippen LogP contribution >= 0.6 is 0 Å². The highest BCUT2D eigenvalue weighted by atomic mass is 19.1. The fraction of sp³-hybridized carbons (Fsp3) is 0.381. The van der Waals surface area contributed by atoms with E-state index in [9.17, 15) is 9.50 Å². The van der Waals surface area contributed by atoms with Gasteiger partial charge in [0, 0.05) is 43.2 Å². The fourth-order valence-corrected chi connectivity index (χ4v) is 4.75. The first-order chi connectivity index (χ1) is 14.0. The molecule has 29 heavy (non-hydrogen) atoms. The van der Waals surface area contributed by atoms with Crippen molar-refractivity contribution in [3.63, 3.8) is 0 Å². The van der Waals surface area contributed by atoms with Gasteiger partial charge in [-0.3, -0.25) is 0 Å². The van der Waals surface area contributed by atoms with Gasteiger partial charge >= 0.3 is 0 Å². The number of nitrogens with zero attached hydrogens (tertiary/aromatic N) is 5. The van der Waals surface area contributed by atoms with E-state index in [0.29, 0.717) is 17.1 Å². The summed E-state index contributed by atoms with van der Waals surface area (Å²) in [5.41, 5.74) is 1.52. The van der Waals surface area contributed by atoms with E-state index in [4.69, 9.17) is 0 Å². The van der Waals surface area contributed by atoms with Crippen LogP contribution in [0.3, 0.4) is 0 Å². The van der Waals surface area contributed by atoms with Crippen molar-refractivity contribution in [2.45, 2.75) is 31.1 Å². The van der Waals surface area contributed by atoms with E-state index in [2.05, 4.69) is 20.5 Å². The van der Waals surface area contributed by atoms with Gasteiger partial charge in [0.05, 0.1) is 23.8 Å². The fourth-order valence-electron chi connectivity index (χ4n) is 4.75. The molecule has 1 aliphatic heterocycles. The molecule has 0 radical (unpaired) electrons. The molecule has 150 valence electrons. The Morgan fingerprint density at radius 3 is 2.76 bits per heavy atom. The smallest absolute Gasteiger partial charge is 0.151 e. The summed E-state index contributed by atoms with van der Waals surface area (Å²) >= 11 is 0. The first-order valence-electron chi connectivity index (χ1n) is 9.74. The number of nitrogens with one attached hydrogen (secondary N) is 1. The topological polar surface area (TPSA) is 79.1 Å². The van der Waals surface area contributed by atoms with E-state index in [0.717, 1.165) is 18.7 Å². The number of aromatic hydroxyl groups is 1. The lowest BCUT2D eigenvalue weighted by molar-refractivity contribution is 0.163. The minimum Gasteiger partial charge on any atom is -0.507 e. The molecular weight excluding hydrogens is 371 g/mol. The van der Waals surface area contributed by atoms with Crippen molar-refractivity contribution in [2.75, 3.05) is 18.5 Å². The third kappa shape index (κ3) is 2.86. The summed E-state index contributed by atoms with van der Waals surface area (Å²) in [4.78, 5) is 5.92. The minimum atomic E-state index is -0.951. The Hall–Kier alpha value is -3.00. The Labute approximate surface area is 168 Å². The molecule has 1 unspecified atom stereocenters. The Morgan fingerprint density at radius 1 is 1.28 bits per heavy atom. The lowest BCUT2D eigenvalue weighted by atomic mass is 9.96. The summed E-state index contributed by atoms with van der Waals surface area (Å²) in [7, 11) is 1.88. The van der Waals surface area contributed by atoms with E-state index in [1.54, 1.807) is 24.7 Å². The lowest BCUT2D eigenvalue weighted by Crippen LogP contribution is -2.56. The van der Waals surface area contributed by atoms with Crippen molar-refractivity contribution in [3.8, 4) is 22.7 Å². The molecular formula is C21H23FN6O. The highest BCUT2D eigenvalue weighted by Crippen LogP contribution is 2.44. The third-order valence-electron chi connectivity index (χ3n) is 6.36. The molecule has 1 aliphatic carbocycles. The highest BCUT2D eigenvalue weighted by molar-refractivity contribution is 5.69. The normalized spacial score (nSPS) is 28.0.